The molecule has 3 aliphatic carbocycles. The Kier molecular flexibility index (Phi) is 3.51. The maximum atomic E-state index is 6.09. The summed E-state index contributed by atoms with van der Waals surface area (Å²) in [6, 6.07) is 1.58. The quantitative estimate of drug-likeness (QED) is 0.858. The topological polar surface area (TPSA) is 33.7 Å². The Morgan fingerprint density at radius 2 is 1.91 bits per heavy atom. The van der Waals surface area contributed by atoms with E-state index in [-0.39, 0.29) is 0 Å². The fourth-order valence-electron chi connectivity index (χ4n) is 5.90. The molecule has 0 amide bonds. The molecule has 1 spiro atoms. The van der Waals surface area contributed by atoms with E-state index >= 15 is 0 Å². The molecule has 0 unspecified atom stereocenters. The molecular weight excluding hydrogens is 276 g/mol. The van der Waals surface area contributed by atoms with Crippen LogP contribution in [-0.2, 0) is 9.47 Å². The second-order valence-corrected chi connectivity index (χ2v) is 8.29. The molecule has 3 saturated carbocycles. The van der Waals surface area contributed by atoms with Crippen LogP contribution in [0.4, 0.5) is 0 Å². The highest BCUT2D eigenvalue weighted by atomic mass is 16.5. The molecule has 5 fully saturated rings. The first-order valence-electron chi connectivity index (χ1n) is 9.57. The number of nitrogens with one attached hydrogen (secondary N) is 1. The average molecular weight is 306 g/mol. The van der Waals surface area contributed by atoms with Gasteiger partial charge in [-0.2, -0.15) is 0 Å². The number of ether oxygens (including phenoxy) is 2. The minimum Gasteiger partial charge on any atom is -0.377 e. The summed E-state index contributed by atoms with van der Waals surface area (Å²) in [4.78, 5) is 2.66. The highest BCUT2D eigenvalue weighted by Crippen LogP contribution is 2.60. The van der Waals surface area contributed by atoms with E-state index in [1.807, 2.05) is 0 Å². The number of nitrogens with zero attached hydrogens (tertiary/aromatic N) is 1. The lowest BCUT2D eigenvalue weighted by molar-refractivity contribution is -0.134. The molecule has 0 bridgehead atoms. The Morgan fingerprint density at radius 3 is 2.73 bits per heavy atom. The van der Waals surface area contributed by atoms with Crippen LogP contribution < -0.4 is 5.32 Å². The van der Waals surface area contributed by atoms with Crippen LogP contribution >= 0.6 is 0 Å². The summed E-state index contributed by atoms with van der Waals surface area (Å²) in [7, 11) is 0. The van der Waals surface area contributed by atoms with Crippen molar-refractivity contribution in [2.45, 2.75) is 69.2 Å². The van der Waals surface area contributed by atoms with Gasteiger partial charge >= 0.3 is 0 Å². The normalized spacial score (nSPS) is 44.2. The zero-order valence-corrected chi connectivity index (χ0v) is 13.6. The molecule has 22 heavy (non-hydrogen) atoms. The van der Waals surface area contributed by atoms with Crippen LogP contribution in [0, 0.1) is 11.3 Å². The van der Waals surface area contributed by atoms with Gasteiger partial charge in [0.15, 0.2) is 0 Å². The van der Waals surface area contributed by atoms with Gasteiger partial charge in [-0.05, 0) is 32.1 Å². The fraction of sp³-hybridized carbons (Fsp3) is 1.00. The van der Waals surface area contributed by atoms with Crippen molar-refractivity contribution in [2.24, 2.45) is 11.3 Å². The highest BCUT2D eigenvalue weighted by molar-refractivity contribution is 5.16. The van der Waals surface area contributed by atoms with Gasteiger partial charge in [-0.25, -0.2) is 0 Å². The number of morpholine rings is 1. The third-order valence-electron chi connectivity index (χ3n) is 7.08. The van der Waals surface area contributed by atoms with Crippen molar-refractivity contribution in [2.75, 3.05) is 32.8 Å². The zero-order chi connectivity index (χ0) is 14.6. The summed E-state index contributed by atoms with van der Waals surface area (Å²) >= 11 is 0. The fourth-order valence-corrected chi connectivity index (χ4v) is 5.90. The van der Waals surface area contributed by atoms with Crippen molar-refractivity contribution in [1.82, 2.24) is 10.2 Å². The van der Waals surface area contributed by atoms with E-state index in [0.717, 1.165) is 44.8 Å². The molecule has 0 radical (unpaired) electrons. The van der Waals surface area contributed by atoms with E-state index in [2.05, 4.69) is 10.2 Å². The first-order valence-corrected chi connectivity index (χ1v) is 9.57. The van der Waals surface area contributed by atoms with Gasteiger partial charge in [0, 0.05) is 49.7 Å². The lowest BCUT2D eigenvalue weighted by Gasteiger charge is -2.57. The molecule has 2 aliphatic heterocycles. The number of hydrogen-bond acceptors (Lipinski definition) is 4. The Morgan fingerprint density at radius 1 is 1.05 bits per heavy atom. The van der Waals surface area contributed by atoms with Crippen molar-refractivity contribution >= 4 is 0 Å². The van der Waals surface area contributed by atoms with Gasteiger partial charge in [0.25, 0.3) is 0 Å². The molecular formula is C18H30N2O2. The molecule has 4 heteroatoms. The van der Waals surface area contributed by atoms with Crippen molar-refractivity contribution in [3.63, 3.8) is 0 Å². The van der Waals surface area contributed by atoms with Crippen molar-refractivity contribution in [1.29, 1.82) is 0 Å². The third-order valence-corrected chi connectivity index (χ3v) is 7.08. The van der Waals surface area contributed by atoms with E-state index in [4.69, 9.17) is 9.47 Å². The highest BCUT2D eigenvalue weighted by Gasteiger charge is 2.64. The van der Waals surface area contributed by atoms with Crippen LogP contribution in [0.1, 0.15) is 44.9 Å². The van der Waals surface area contributed by atoms with E-state index in [1.54, 1.807) is 0 Å². The maximum Gasteiger partial charge on any atom is 0.0826 e. The molecule has 2 saturated heterocycles. The van der Waals surface area contributed by atoms with Crippen LogP contribution in [0.25, 0.3) is 0 Å². The molecule has 0 aromatic rings. The third kappa shape index (κ3) is 2.18. The van der Waals surface area contributed by atoms with Gasteiger partial charge < -0.3 is 14.8 Å². The molecule has 124 valence electrons. The summed E-state index contributed by atoms with van der Waals surface area (Å²) in [5.41, 5.74) is 0.478. The summed E-state index contributed by atoms with van der Waals surface area (Å²) in [6.07, 6.45) is 10.6. The zero-order valence-electron chi connectivity index (χ0n) is 13.6. The first kappa shape index (κ1) is 14.2. The van der Waals surface area contributed by atoms with Crippen LogP contribution in [0.15, 0.2) is 0 Å². The maximum absolute atomic E-state index is 6.09. The van der Waals surface area contributed by atoms with Crippen molar-refractivity contribution in [3.05, 3.63) is 0 Å². The van der Waals surface area contributed by atoms with Crippen LogP contribution in [0.3, 0.4) is 0 Å². The summed E-state index contributed by atoms with van der Waals surface area (Å²) in [5, 5.41) is 3.94. The van der Waals surface area contributed by atoms with E-state index in [0.29, 0.717) is 23.7 Å². The van der Waals surface area contributed by atoms with Crippen molar-refractivity contribution in [3.8, 4) is 0 Å². The van der Waals surface area contributed by atoms with E-state index < -0.39 is 0 Å². The van der Waals surface area contributed by atoms with Gasteiger partial charge in [-0.1, -0.05) is 12.8 Å². The second kappa shape index (κ2) is 5.44. The molecule has 5 rings (SSSR count). The minimum atomic E-state index is 0.397. The van der Waals surface area contributed by atoms with Gasteiger partial charge in [0.05, 0.1) is 18.8 Å². The van der Waals surface area contributed by atoms with Gasteiger partial charge in [-0.3, -0.25) is 4.90 Å². The summed E-state index contributed by atoms with van der Waals surface area (Å²) in [5.74, 6) is 0.779. The molecule has 5 aliphatic rings. The standard InChI is InChI=1S/C18H30N2O2/c1-2-7-18(6-1)16(15-5-9-22-17(15)18)19-11-14-12-20(8-10-21-14)13-3-4-13/h13-17,19H,1-12H2/t14-,15-,16-,17-/m1/s1. The molecule has 2 heterocycles. The second-order valence-electron chi connectivity index (χ2n) is 8.29. The van der Waals surface area contributed by atoms with Crippen LogP contribution in [0.2, 0.25) is 0 Å². The lowest BCUT2D eigenvalue weighted by Crippen LogP contribution is -2.68. The number of rotatable bonds is 4. The molecule has 4 nitrogen and oxygen atoms in total. The summed E-state index contributed by atoms with van der Waals surface area (Å²) < 4.78 is 12.1. The SMILES string of the molecule is C1CCC2(C1)[C@H](NC[C@@H]1CN(C3CC3)CCO1)[C@H]1CCO[C@H]12. The van der Waals surface area contributed by atoms with Crippen molar-refractivity contribution < 1.29 is 9.47 Å². The minimum absolute atomic E-state index is 0.397. The Balaban J connectivity index is 1.20. The monoisotopic (exact) mass is 306 g/mol. The smallest absolute Gasteiger partial charge is 0.0826 e. The van der Waals surface area contributed by atoms with Gasteiger partial charge in [-0.15, -0.1) is 0 Å². The molecule has 0 aromatic carbocycles. The van der Waals surface area contributed by atoms with Gasteiger partial charge in [0.2, 0.25) is 0 Å². The average Bonchev–Trinajstić information content (AvgIpc) is 3.09. The van der Waals surface area contributed by atoms with Crippen LogP contribution in [-0.4, -0.2) is 62.0 Å². The van der Waals surface area contributed by atoms with E-state index in [9.17, 15) is 0 Å². The predicted molar refractivity (Wildman–Crippen MR) is 84.9 cm³/mol. The summed E-state index contributed by atoms with van der Waals surface area (Å²) in [6.45, 7) is 5.24. The number of fused-ring (bicyclic) bond motifs is 2. The Labute approximate surface area is 133 Å². The van der Waals surface area contributed by atoms with E-state index in [1.165, 1.54) is 44.9 Å². The Bertz CT molecular complexity index is 419. The molecule has 4 atom stereocenters. The Hall–Kier alpha value is -0.160. The molecule has 1 N–H and O–H groups in total. The molecule has 0 aromatic heterocycles. The lowest BCUT2D eigenvalue weighted by atomic mass is 9.54. The van der Waals surface area contributed by atoms with Gasteiger partial charge in [0.1, 0.15) is 0 Å². The number of hydrogen-bond donors (Lipinski definition) is 1. The first-order chi connectivity index (χ1) is 10.9. The largest absolute Gasteiger partial charge is 0.377 e. The van der Waals surface area contributed by atoms with Crippen LogP contribution in [0.5, 0.6) is 0 Å². The predicted octanol–water partition coefficient (Wildman–Crippen LogP) is 1.79.